The van der Waals surface area contributed by atoms with Gasteiger partial charge >= 0.3 is 6.03 Å². The summed E-state index contributed by atoms with van der Waals surface area (Å²) in [5.41, 5.74) is 3.12. The topological polar surface area (TPSA) is 52.7 Å². The molecule has 1 unspecified atom stereocenters. The lowest BCUT2D eigenvalue weighted by Crippen LogP contribution is -2.68. The molecule has 158 valence electrons. The molecule has 2 aliphatic rings. The van der Waals surface area contributed by atoms with E-state index in [0.717, 1.165) is 5.56 Å². The molecule has 0 bridgehead atoms. The van der Waals surface area contributed by atoms with Crippen LogP contribution in [0.5, 0.6) is 0 Å². The second-order valence-corrected chi connectivity index (χ2v) is 8.91. The molecule has 3 amide bonds. The first-order valence-corrected chi connectivity index (χ1v) is 10.9. The van der Waals surface area contributed by atoms with Gasteiger partial charge in [0.15, 0.2) is 0 Å². The van der Waals surface area contributed by atoms with E-state index in [1.54, 1.807) is 0 Å². The molecular weight excluding hydrogens is 374 g/mol. The monoisotopic (exact) mass is 405 g/mol. The van der Waals surface area contributed by atoms with Gasteiger partial charge in [-0.2, -0.15) is 0 Å². The van der Waals surface area contributed by atoms with E-state index in [-0.39, 0.29) is 29.4 Å². The number of nitrogens with zero attached hydrogens (tertiary/aromatic N) is 2. The van der Waals surface area contributed by atoms with E-state index >= 15 is 0 Å². The van der Waals surface area contributed by atoms with E-state index in [1.165, 1.54) is 11.1 Å². The zero-order valence-electron chi connectivity index (χ0n) is 18.1. The van der Waals surface area contributed by atoms with Gasteiger partial charge in [0.2, 0.25) is 5.91 Å². The van der Waals surface area contributed by atoms with Crippen LogP contribution in [0, 0.1) is 12.3 Å². The number of hydrogen-bond donors (Lipinski definition) is 1. The van der Waals surface area contributed by atoms with Crippen molar-refractivity contribution >= 4 is 11.9 Å². The number of urea groups is 1. The molecule has 1 spiro atoms. The minimum absolute atomic E-state index is 0.0471. The third kappa shape index (κ3) is 3.57. The molecule has 0 saturated carbocycles. The Bertz CT molecular complexity index is 900. The zero-order valence-corrected chi connectivity index (χ0v) is 18.1. The minimum atomic E-state index is -0.376. The third-order valence-corrected chi connectivity index (χ3v) is 6.64. The van der Waals surface area contributed by atoms with Crippen molar-refractivity contribution in [3.63, 3.8) is 0 Å². The first-order valence-electron chi connectivity index (χ1n) is 10.9. The van der Waals surface area contributed by atoms with Gasteiger partial charge in [-0.15, -0.1) is 0 Å². The molecule has 2 heterocycles. The van der Waals surface area contributed by atoms with Crippen LogP contribution in [0.4, 0.5) is 4.79 Å². The van der Waals surface area contributed by atoms with Gasteiger partial charge in [-0.3, -0.25) is 4.79 Å². The SMILES string of the molecule is Cc1ccc(CNC(=O)N2CCC3(CC2)C(=O)N(C(C)C)C3c2ccccc2)cc1. The summed E-state index contributed by atoms with van der Waals surface area (Å²) < 4.78 is 0. The molecule has 2 aliphatic heterocycles. The number of amides is 3. The second kappa shape index (κ2) is 8.13. The van der Waals surface area contributed by atoms with E-state index in [1.807, 2.05) is 40.1 Å². The maximum Gasteiger partial charge on any atom is 0.317 e. The molecule has 0 aliphatic carbocycles. The highest BCUT2D eigenvalue weighted by molar-refractivity contribution is 5.91. The standard InChI is InChI=1S/C25H31N3O2/c1-18(2)28-22(21-7-5-4-6-8-21)25(23(28)29)13-15-27(16-14-25)24(30)26-17-20-11-9-19(3)10-12-20/h4-12,18,22H,13-17H2,1-3H3,(H,26,30). The first kappa shape index (κ1) is 20.5. The summed E-state index contributed by atoms with van der Waals surface area (Å²) in [7, 11) is 0. The number of benzene rings is 2. The Morgan fingerprint density at radius 1 is 1.07 bits per heavy atom. The van der Waals surface area contributed by atoms with Gasteiger partial charge in [-0.25, -0.2) is 4.79 Å². The van der Waals surface area contributed by atoms with Crippen LogP contribution in [0.25, 0.3) is 0 Å². The summed E-state index contributed by atoms with van der Waals surface area (Å²) in [6, 6.07) is 18.7. The van der Waals surface area contributed by atoms with Crippen LogP contribution in [0.1, 0.15) is 49.4 Å². The van der Waals surface area contributed by atoms with Crippen LogP contribution >= 0.6 is 0 Å². The van der Waals surface area contributed by atoms with Gasteiger partial charge in [-0.1, -0.05) is 60.2 Å². The predicted octanol–water partition coefficient (Wildman–Crippen LogP) is 4.28. The Hall–Kier alpha value is -2.82. The average Bonchev–Trinajstić information content (AvgIpc) is 2.76. The minimum Gasteiger partial charge on any atom is -0.334 e. The largest absolute Gasteiger partial charge is 0.334 e. The van der Waals surface area contributed by atoms with Crippen molar-refractivity contribution < 1.29 is 9.59 Å². The van der Waals surface area contributed by atoms with E-state index in [9.17, 15) is 9.59 Å². The molecule has 30 heavy (non-hydrogen) atoms. The van der Waals surface area contributed by atoms with E-state index < -0.39 is 0 Å². The lowest BCUT2D eigenvalue weighted by atomic mass is 9.62. The Balaban J connectivity index is 1.41. The molecule has 2 fully saturated rings. The highest BCUT2D eigenvalue weighted by Gasteiger charge is 2.62. The second-order valence-electron chi connectivity index (χ2n) is 8.91. The van der Waals surface area contributed by atoms with Gasteiger partial charge in [0.1, 0.15) is 0 Å². The molecule has 2 aromatic carbocycles. The molecule has 5 nitrogen and oxygen atoms in total. The Kier molecular flexibility index (Phi) is 5.54. The van der Waals surface area contributed by atoms with Crippen molar-refractivity contribution in [2.75, 3.05) is 13.1 Å². The Morgan fingerprint density at radius 3 is 2.30 bits per heavy atom. The smallest absolute Gasteiger partial charge is 0.317 e. The fraction of sp³-hybridized carbons (Fsp3) is 0.440. The summed E-state index contributed by atoms with van der Waals surface area (Å²) in [6.45, 7) is 7.95. The summed E-state index contributed by atoms with van der Waals surface area (Å²) in [4.78, 5) is 29.7. The highest BCUT2D eigenvalue weighted by Crippen LogP contribution is 2.56. The van der Waals surface area contributed by atoms with Crippen LogP contribution in [0.15, 0.2) is 54.6 Å². The van der Waals surface area contributed by atoms with Gasteiger partial charge < -0.3 is 15.1 Å². The van der Waals surface area contributed by atoms with Crippen molar-refractivity contribution in [3.05, 3.63) is 71.3 Å². The Morgan fingerprint density at radius 2 is 1.70 bits per heavy atom. The molecular formula is C25H31N3O2. The van der Waals surface area contributed by atoms with Crippen molar-refractivity contribution in [2.45, 2.75) is 52.2 Å². The van der Waals surface area contributed by atoms with E-state index in [4.69, 9.17) is 0 Å². The van der Waals surface area contributed by atoms with Crippen LogP contribution in [0.2, 0.25) is 0 Å². The van der Waals surface area contributed by atoms with Crippen molar-refractivity contribution in [3.8, 4) is 0 Å². The van der Waals surface area contributed by atoms with Gasteiger partial charge in [0.25, 0.3) is 0 Å². The zero-order chi connectivity index (χ0) is 21.3. The number of aryl methyl sites for hydroxylation is 1. The third-order valence-electron chi connectivity index (χ3n) is 6.64. The highest BCUT2D eigenvalue weighted by atomic mass is 16.2. The van der Waals surface area contributed by atoms with Crippen molar-refractivity contribution in [2.24, 2.45) is 5.41 Å². The lowest BCUT2D eigenvalue weighted by molar-refractivity contribution is -0.184. The fourth-order valence-electron chi connectivity index (χ4n) is 4.93. The average molecular weight is 406 g/mol. The number of nitrogens with one attached hydrogen (secondary N) is 1. The predicted molar refractivity (Wildman–Crippen MR) is 118 cm³/mol. The quantitative estimate of drug-likeness (QED) is 0.772. The molecule has 1 atom stereocenters. The van der Waals surface area contributed by atoms with Crippen molar-refractivity contribution in [1.29, 1.82) is 0 Å². The maximum absolute atomic E-state index is 13.2. The fourth-order valence-corrected chi connectivity index (χ4v) is 4.93. The number of likely N-dealkylation sites (tertiary alicyclic amines) is 2. The van der Waals surface area contributed by atoms with E-state index in [2.05, 4.69) is 50.4 Å². The molecule has 0 radical (unpaired) electrons. The summed E-state index contributed by atoms with van der Waals surface area (Å²) in [6.07, 6.45) is 1.43. The molecule has 1 N–H and O–H groups in total. The molecule has 5 heteroatoms. The van der Waals surface area contributed by atoms with Crippen LogP contribution in [-0.2, 0) is 11.3 Å². The Labute approximate surface area is 179 Å². The molecule has 2 aromatic rings. The number of hydrogen-bond acceptors (Lipinski definition) is 2. The maximum atomic E-state index is 13.2. The molecule has 2 saturated heterocycles. The summed E-state index contributed by atoms with van der Waals surface area (Å²) in [5, 5.41) is 3.02. The first-order chi connectivity index (χ1) is 14.4. The number of rotatable bonds is 4. The number of carbonyl (C=O) groups is 2. The molecule has 0 aromatic heterocycles. The molecule has 4 rings (SSSR count). The normalized spacial score (nSPS) is 20.4. The van der Waals surface area contributed by atoms with Crippen LogP contribution in [-0.4, -0.2) is 40.9 Å². The van der Waals surface area contributed by atoms with Crippen LogP contribution < -0.4 is 5.32 Å². The number of carbonyl (C=O) groups excluding carboxylic acids is 2. The van der Waals surface area contributed by atoms with E-state index in [0.29, 0.717) is 32.5 Å². The van der Waals surface area contributed by atoms with Gasteiger partial charge in [0.05, 0.1) is 11.5 Å². The van der Waals surface area contributed by atoms with Gasteiger partial charge in [-0.05, 0) is 44.7 Å². The van der Waals surface area contributed by atoms with Gasteiger partial charge in [0, 0.05) is 25.7 Å². The number of piperidine rings is 1. The number of β-lactam (4-membered cyclic amide) rings is 1. The lowest BCUT2D eigenvalue weighted by Gasteiger charge is -2.60. The van der Waals surface area contributed by atoms with Crippen LogP contribution in [0.3, 0.4) is 0 Å². The summed E-state index contributed by atoms with van der Waals surface area (Å²) in [5.74, 6) is 0.242. The summed E-state index contributed by atoms with van der Waals surface area (Å²) >= 11 is 0. The van der Waals surface area contributed by atoms with Crippen molar-refractivity contribution in [1.82, 2.24) is 15.1 Å².